The van der Waals surface area contributed by atoms with E-state index in [1.54, 1.807) is 13.1 Å². The Labute approximate surface area is 60.1 Å². The minimum Gasteiger partial charge on any atom is -0.393 e. The topological polar surface area (TPSA) is 48.9 Å². The second kappa shape index (κ2) is 3.37. The Morgan fingerprint density at radius 2 is 2.60 bits per heavy atom. The zero-order valence-corrected chi connectivity index (χ0v) is 6.04. The molecule has 56 valence electrons. The van der Waals surface area contributed by atoms with Gasteiger partial charge in [0, 0.05) is 11.9 Å². The van der Waals surface area contributed by atoms with Crippen LogP contribution in [0, 0.1) is 0 Å². The van der Waals surface area contributed by atoms with Crippen LogP contribution >= 0.6 is 0 Å². The Kier molecular flexibility index (Phi) is 2.45. The smallest absolute Gasteiger partial charge is 0.0515 e. The molecule has 1 rings (SSSR count). The Hall–Kier alpha value is -0.830. The molecule has 0 saturated carbocycles. The quantitative estimate of drug-likeness (QED) is 0.650. The van der Waals surface area contributed by atoms with Gasteiger partial charge < -0.3 is 5.11 Å². The van der Waals surface area contributed by atoms with Crippen LogP contribution < -0.4 is 0 Å². The van der Waals surface area contributed by atoms with Crippen LogP contribution in [0.4, 0.5) is 0 Å². The van der Waals surface area contributed by atoms with E-state index in [4.69, 9.17) is 5.11 Å². The highest BCUT2D eigenvalue weighted by Gasteiger charge is 1.97. The summed E-state index contributed by atoms with van der Waals surface area (Å²) in [5.74, 6) is 0. The summed E-state index contributed by atoms with van der Waals surface area (Å²) in [6, 6.07) is 1.92. The average molecular weight is 140 g/mol. The number of H-pyrrole nitrogens is 1. The first-order chi connectivity index (χ1) is 4.79. The summed E-state index contributed by atoms with van der Waals surface area (Å²) in [5, 5.41) is 15.5. The highest BCUT2D eigenvalue weighted by Crippen LogP contribution is 1.99. The SMILES string of the molecule is C[C@H](O)CCc1ccn[nH]1. The van der Waals surface area contributed by atoms with Crippen LogP contribution in [0.2, 0.25) is 0 Å². The van der Waals surface area contributed by atoms with Crippen molar-refractivity contribution >= 4 is 0 Å². The monoisotopic (exact) mass is 140 g/mol. The summed E-state index contributed by atoms with van der Waals surface area (Å²) in [4.78, 5) is 0. The van der Waals surface area contributed by atoms with Gasteiger partial charge in [-0.1, -0.05) is 0 Å². The molecule has 0 aliphatic rings. The number of hydrogen-bond acceptors (Lipinski definition) is 2. The third-order valence-corrected chi connectivity index (χ3v) is 1.39. The summed E-state index contributed by atoms with van der Waals surface area (Å²) in [5.41, 5.74) is 1.08. The molecule has 0 saturated heterocycles. The first-order valence-electron chi connectivity index (χ1n) is 3.45. The second-order valence-electron chi connectivity index (χ2n) is 2.47. The third-order valence-electron chi connectivity index (χ3n) is 1.39. The van der Waals surface area contributed by atoms with Gasteiger partial charge >= 0.3 is 0 Å². The lowest BCUT2D eigenvalue weighted by Crippen LogP contribution is -2.01. The first-order valence-corrected chi connectivity index (χ1v) is 3.45. The fourth-order valence-electron chi connectivity index (χ4n) is 0.788. The van der Waals surface area contributed by atoms with Gasteiger partial charge in [0.2, 0.25) is 0 Å². The summed E-state index contributed by atoms with van der Waals surface area (Å²) in [7, 11) is 0. The molecule has 0 spiro atoms. The largest absolute Gasteiger partial charge is 0.393 e. The van der Waals surface area contributed by atoms with Gasteiger partial charge in [-0.3, -0.25) is 5.10 Å². The van der Waals surface area contributed by atoms with Gasteiger partial charge in [0.25, 0.3) is 0 Å². The molecule has 3 heteroatoms. The number of aliphatic hydroxyl groups excluding tert-OH is 1. The van der Waals surface area contributed by atoms with Crippen LogP contribution in [0.5, 0.6) is 0 Å². The van der Waals surface area contributed by atoms with Crippen LogP contribution in [-0.4, -0.2) is 21.4 Å². The van der Waals surface area contributed by atoms with Crippen molar-refractivity contribution in [3.05, 3.63) is 18.0 Å². The van der Waals surface area contributed by atoms with E-state index < -0.39 is 0 Å². The molecular weight excluding hydrogens is 128 g/mol. The Morgan fingerprint density at radius 1 is 1.80 bits per heavy atom. The number of aryl methyl sites for hydroxylation is 1. The molecule has 2 N–H and O–H groups in total. The minimum absolute atomic E-state index is 0.219. The lowest BCUT2D eigenvalue weighted by atomic mass is 10.2. The number of nitrogens with zero attached hydrogens (tertiary/aromatic N) is 1. The summed E-state index contributed by atoms with van der Waals surface area (Å²) in [6.45, 7) is 1.79. The van der Waals surface area contributed by atoms with Gasteiger partial charge in [-0.15, -0.1) is 0 Å². The van der Waals surface area contributed by atoms with Crippen molar-refractivity contribution in [1.29, 1.82) is 0 Å². The molecule has 1 aromatic heterocycles. The van der Waals surface area contributed by atoms with E-state index >= 15 is 0 Å². The van der Waals surface area contributed by atoms with Gasteiger partial charge in [0.1, 0.15) is 0 Å². The lowest BCUT2D eigenvalue weighted by Gasteiger charge is -1.99. The van der Waals surface area contributed by atoms with E-state index in [-0.39, 0.29) is 6.10 Å². The van der Waals surface area contributed by atoms with E-state index in [0.717, 1.165) is 18.5 Å². The highest BCUT2D eigenvalue weighted by atomic mass is 16.3. The number of nitrogens with one attached hydrogen (secondary N) is 1. The first kappa shape index (κ1) is 7.28. The highest BCUT2D eigenvalue weighted by molar-refractivity contribution is 4.97. The zero-order chi connectivity index (χ0) is 7.40. The van der Waals surface area contributed by atoms with Crippen molar-refractivity contribution in [2.75, 3.05) is 0 Å². The van der Waals surface area contributed by atoms with Gasteiger partial charge in [-0.2, -0.15) is 5.10 Å². The van der Waals surface area contributed by atoms with E-state index in [0.29, 0.717) is 0 Å². The molecule has 0 radical (unpaired) electrons. The number of aromatic amines is 1. The Balaban J connectivity index is 2.28. The van der Waals surface area contributed by atoms with Gasteiger partial charge in [0.15, 0.2) is 0 Å². The molecule has 1 atom stereocenters. The van der Waals surface area contributed by atoms with E-state index in [2.05, 4.69) is 10.2 Å². The van der Waals surface area contributed by atoms with Crippen LogP contribution in [0.1, 0.15) is 19.0 Å². The molecule has 0 fully saturated rings. The number of hydrogen-bond donors (Lipinski definition) is 2. The predicted molar refractivity (Wildman–Crippen MR) is 38.6 cm³/mol. The maximum Gasteiger partial charge on any atom is 0.0515 e. The third kappa shape index (κ3) is 2.19. The molecule has 10 heavy (non-hydrogen) atoms. The van der Waals surface area contributed by atoms with E-state index in [1.165, 1.54) is 0 Å². The summed E-state index contributed by atoms with van der Waals surface area (Å²) < 4.78 is 0. The van der Waals surface area contributed by atoms with Gasteiger partial charge in [-0.05, 0) is 25.8 Å². The second-order valence-corrected chi connectivity index (χ2v) is 2.47. The molecule has 1 heterocycles. The van der Waals surface area contributed by atoms with Crippen molar-refractivity contribution < 1.29 is 5.11 Å². The maximum absolute atomic E-state index is 8.92. The number of aliphatic hydroxyl groups is 1. The van der Waals surface area contributed by atoms with Crippen molar-refractivity contribution in [3.63, 3.8) is 0 Å². The Morgan fingerprint density at radius 3 is 3.10 bits per heavy atom. The number of aromatic nitrogens is 2. The normalized spacial score (nSPS) is 13.4. The average Bonchev–Trinajstić information content (AvgIpc) is 2.34. The Bertz CT molecular complexity index is 170. The van der Waals surface area contributed by atoms with Crippen molar-refractivity contribution in [2.45, 2.75) is 25.9 Å². The summed E-state index contributed by atoms with van der Waals surface area (Å²) in [6.07, 6.45) is 3.17. The van der Waals surface area contributed by atoms with Crippen molar-refractivity contribution in [2.24, 2.45) is 0 Å². The standard InChI is InChI=1S/C7H12N2O/c1-6(10)2-3-7-4-5-8-9-7/h4-6,10H,2-3H2,1H3,(H,8,9)/t6-/m0/s1. The summed E-state index contributed by atoms with van der Waals surface area (Å²) >= 11 is 0. The minimum atomic E-state index is -0.219. The van der Waals surface area contributed by atoms with Gasteiger partial charge in [-0.25, -0.2) is 0 Å². The lowest BCUT2D eigenvalue weighted by molar-refractivity contribution is 0.184. The molecule has 0 aliphatic carbocycles. The van der Waals surface area contributed by atoms with Crippen LogP contribution in [0.25, 0.3) is 0 Å². The van der Waals surface area contributed by atoms with Crippen LogP contribution in [-0.2, 0) is 6.42 Å². The molecule has 1 aromatic rings. The van der Waals surface area contributed by atoms with Crippen LogP contribution in [0.3, 0.4) is 0 Å². The zero-order valence-electron chi connectivity index (χ0n) is 6.04. The van der Waals surface area contributed by atoms with Crippen molar-refractivity contribution in [1.82, 2.24) is 10.2 Å². The molecule has 3 nitrogen and oxygen atoms in total. The molecular formula is C7H12N2O. The molecule has 0 bridgehead atoms. The van der Waals surface area contributed by atoms with E-state index in [1.807, 2.05) is 6.07 Å². The van der Waals surface area contributed by atoms with Gasteiger partial charge in [0.05, 0.1) is 6.10 Å². The molecule has 0 unspecified atom stereocenters. The molecule has 0 aliphatic heterocycles. The number of rotatable bonds is 3. The fourth-order valence-corrected chi connectivity index (χ4v) is 0.788. The predicted octanol–water partition coefficient (Wildman–Crippen LogP) is 0.723. The van der Waals surface area contributed by atoms with E-state index in [9.17, 15) is 0 Å². The fraction of sp³-hybridized carbons (Fsp3) is 0.571. The molecule has 0 amide bonds. The molecule has 0 aromatic carbocycles. The maximum atomic E-state index is 8.92. The van der Waals surface area contributed by atoms with Crippen LogP contribution in [0.15, 0.2) is 12.3 Å². The van der Waals surface area contributed by atoms with Crippen molar-refractivity contribution in [3.8, 4) is 0 Å².